The summed E-state index contributed by atoms with van der Waals surface area (Å²) in [5.41, 5.74) is 0.780. The van der Waals surface area contributed by atoms with Crippen molar-refractivity contribution in [3.63, 3.8) is 0 Å². The Hall–Kier alpha value is -2.62. The number of benzene rings is 1. The summed E-state index contributed by atoms with van der Waals surface area (Å²) in [6, 6.07) is 6.49. The average molecular weight is 439 g/mol. The van der Waals surface area contributed by atoms with Crippen LogP contribution in [-0.2, 0) is 16.0 Å². The van der Waals surface area contributed by atoms with E-state index in [1.165, 1.54) is 6.26 Å². The molecule has 0 aliphatic heterocycles. The molecule has 30 heavy (non-hydrogen) atoms. The fourth-order valence-corrected chi connectivity index (χ4v) is 2.67. The lowest BCUT2D eigenvalue weighted by Crippen LogP contribution is -2.36. The number of aromatic nitrogens is 1. The van der Waals surface area contributed by atoms with Crippen LogP contribution in [0.5, 0.6) is 0 Å². The van der Waals surface area contributed by atoms with E-state index in [9.17, 15) is 9.59 Å². The van der Waals surface area contributed by atoms with E-state index in [2.05, 4.69) is 15.6 Å². The van der Waals surface area contributed by atoms with E-state index in [1.54, 1.807) is 43.4 Å². The zero-order valence-corrected chi connectivity index (χ0v) is 17.9. The molecule has 1 aromatic heterocycles. The number of halogens is 1. The minimum atomic E-state index is -0.336. The monoisotopic (exact) mass is 438 g/mol. The van der Waals surface area contributed by atoms with E-state index in [1.807, 2.05) is 0 Å². The zero-order valence-electron chi connectivity index (χ0n) is 17.2. The van der Waals surface area contributed by atoms with Crippen molar-refractivity contribution in [2.45, 2.75) is 19.4 Å². The van der Waals surface area contributed by atoms with Gasteiger partial charge in [-0.1, -0.05) is 11.6 Å². The summed E-state index contributed by atoms with van der Waals surface area (Å²) < 4.78 is 15.4. The summed E-state index contributed by atoms with van der Waals surface area (Å²) in [6.07, 6.45) is 2.62. The molecule has 0 saturated carbocycles. The molecule has 2 rings (SSSR count). The summed E-state index contributed by atoms with van der Waals surface area (Å²) in [4.78, 5) is 30.6. The SMILES string of the molecule is COCCCNC(=O)c1coc(CN(CCCOC)C(=O)Nc2ccc(Cl)cc2)n1. The number of oxazole rings is 1. The first kappa shape index (κ1) is 23.7. The first-order chi connectivity index (χ1) is 14.5. The molecule has 0 bridgehead atoms. The van der Waals surface area contributed by atoms with Crippen molar-refractivity contribution in [3.8, 4) is 0 Å². The molecule has 0 unspecified atom stereocenters. The first-order valence-electron chi connectivity index (χ1n) is 9.55. The summed E-state index contributed by atoms with van der Waals surface area (Å²) in [7, 11) is 3.21. The number of urea groups is 1. The third-order valence-electron chi connectivity index (χ3n) is 4.08. The second-order valence-corrected chi connectivity index (χ2v) is 6.87. The standard InChI is InChI=1S/C20H27ClN4O5/c1-28-11-3-9-22-19(26)17-14-30-18(24-17)13-25(10-4-12-29-2)20(27)23-16-7-5-15(21)6-8-16/h5-8,14H,3-4,9-13H2,1-2H3,(H,22,26)(H,23,27). The molecule has 1 heterocycles. The largest absolute Gasteiger partial charge is 0.446 e. The maximum Gasteiger partial charge on any atom is 0.322 e. The molecule has 3 amide bonds. The molecular formula is C20H27ClN4O5. The number of nitrogens with one attached hydrogen (secondary N) is 2. The molecule has 0 spiro atoms. The zero-order chi connectivity index (χ0) is 21.8. The number of carbonyl (C=O) groups is 2. The highest BCUT2D eigenvalue weighted by atomic mass is 35.5. The van der Waals surface area contributed by atoms with Crippen molar-refractivity contribution >= 4 is 29.2 Å². The van der Waals surface area contributed by atoms with Crippen molar-refractivity contribution in [1.82, 2.24) is 15.2 Å². The molecular weight excluding hydrogens is 412 g/mol. The van der Waals surface area contributed by atoms with E-state index in [4.69, 9.17) is 25.5 Å². The highest BCUT2D eigenvalue weighted by molar-refractivity contribution is 6.30. The Balaban J connectivity index is 1.98. The van der Waals surface area contributed by atoms with Crippen LogP contribution in [0.25, 0.3) is 0 Å². The highest BCUT2D eigenvalue weighted by Gasteiger charge is 2.19. The molecule has 0 saturated heterocycles. The summed E-state index contributed by atoms with van der Waals surface area (Å²) in [6.45, 7) is 2.07. The van der Waals surface area contributed by atoms with Gasteiger partial charge in [0.2, 0.25) is 5.89 Å². The quantitative estimate of drug-likeness (QED) is 0.493. The van der Waals surface area contributed by atoms with Crippen LogP contribution in [0.2, 0.25) is 5.02 Å². The summed E-state index contributed by atoms with van der Waals surface area (Å²) in [5.74, 6) is -0.0710. The van der Waals surface area contributed by atoms with Crippen molar-refractivity contribution in [1.29, 1.82) is 0 Å². The number of carbonyl (C=O) groups excluding carboxylic acids is 2. The maximum absolute atomic E-state index is 12.7. The Morgan fingerprint density at radius 1 is 1.13 bits per heavy atom. The number of rotatable bonds is 12. The molecule has 9 nitrogen and oxygen atoms in total. The Bertz CT molecular complexity index is 797. The van der Waals surface area contributed by atoms with Gasteiger partial charge >= 0.3 is 6.03 Å². The topological polar surface area (TPSA) is 106 Å². The second-order valence-electron chi connectivity index (χ2n) is 6.43. The van der Waals surface area contributed by atoms with E-state index in [0.717, 1.165) is 0 Å². The van der Waals surface area contributed by atoms with Gasteiger partial charge in [0.15, 0.2) is 5.69 Å². The van der Waals surface area contributed by atoms with Crippen molar-refractivity contribution < 1.29 is 23.5 Å². The molecule has 0 aliphatic rings. The minimum Gasteiger partial charge on any atom is -0.446 e. The van der Waals surface area contributed by atoms with Crippen molar-refractivity contribution in [2.75, 3.05) is 45.8 Å². The molecule has 0 atom stereocenters. The van der Waals surface area contributed by atoms with Gasteiger partial charge in [0.25, 0.3) is 5.91 Å². The van der Waals surface area contributed by atoms with Gasteiger partial charge in [0, 0.05) is 51.2 Å². The first-order valence-corrected chi connectivity index (χ1v) is 9.93. The molecule has 10 heteroatoms. The number of ether oxygens (including phenoxy) is 2. The smallest absolute Gasteiger partial charge is 0.322 e. The summed E-state index contributed by atoms with van der Waals surface area (Å²) >= 11 is 5.88. The number of methoxy groups -OCH3 is 2. The number of nitrogens with zero attached hydrogens (tertiary/aromatic N) is 2. The fourth-order valence-electron chi connectivity index (χ4n) is 2.55. The van der Waals surface area contributed by atoms with Crippen molar-refractivity contribution in [2.24, 2.45) is 0 Å². The van der Waals surface area contributed by atoms with Gasteiger partial charge < -0.3 is 29.4 Å². The van der Waals surface area contributed by atoms with Crippen LogP contribution in [0, 0.1) is 0 Å². The predicted molar refractivity (Wildman–Crippen MR) is 113 cm³/mol. The summed E-state index contributed by atoms with van der Waals surface area (Å²) in [5, 5.41) is 6.13. The van der Waals surface area contributed by atoms with E-state index >= 15 is 0 Å². The Morgan fingerprint density at radius 2 is 1.83 bits per heavy atom. The lowest BCUT2D eigenvalue weighted by atomic mass is 10.3. The molecule has 0 aliphatic carbocycles. The Kier molecular flexibility index (Phi) is 10.1. The Labute approximate surface area is 180 Å². The third-order valence-corrected chi connectivity index (χ3v) is 4.33. The van der Waals surface area contributed by atoms with Crippen LogP contribution in [0.3, 0.4) is 0 Å². The van der Waals surface area contributed by atoms with Gasteiger partial charge in [-0.3, -0.25) is 4.79 Å². The number of amides is 3. The maximum atomic E-state index is 12.7. The van der Waals surface area contributed by atoms with Crippen LogP contribution in [0.4, 0.5) is 10.5 Å². The number of hydrogen-bond donors (Lipinski definition) is 2. The minimum absolute atomic E-state index is 0.111. The van der Waals surface area contributed by atoms with Gasteiger partial charge in [-0.25, -0.2) is 9.78 Å². The van der Waals surface area contributed by atoms with Gasteiger partial charge in [-0.2, -0.15) is 0 Å². The van der Waals surface area contributed by atoms with Crippen LogP contribution in [0.15, 0.2) is 34.9 Å². The number of anilines is 1. The lowest BCUT2D eigenvalue weighted by Gasteiger charge is -2.21. The molecule has 2 N–H and O–H groups in total. The molecule has 1 aromatic carbocycles. The third kappa shape index (κ3) is 8.02. The molecule has 0 fully saturated rings. The predicted octanol–water partition coefficient (Wildman–Crippen LogP) is 3.16. The van der Waals surface area contributed by atoms with Gasteiger partial charge in [-0.15, -0.1) is 0 Å². The Morgan fingerprint density at radius 3 is 2.53 bits per heavy atom. The van der Waals surface area contributed by atoms with Crippen LogP contribution in [0.1, 0.15) is 29.2 Å². The van der Waals surface area contributed by atoms with E-state index in [-0.39, 0.29) is 30.1 Å². The van der Waals surface area contributed by atoms with Gasteiger partial charge in [0.05, 0.1) is 6.54 Å². The van der Waals surface area contributed by atoms with Crippen LogP contribution in [-0.4, -0.2) is 62.3 Å². The fraction of sp³-hybridized carbons (Fsp3) is 0.450. The van der Waals surface area contributed by atoms with Crippen LogP contribution >= 0.6 is 11.6 Å². The number of hydrogen-bond acceptors (Lipinski definition) is 6. The average Bonchev–Trinajstić information content (AvgIpc) is 3.21. The van der Waals surface area contributed by atoms with Gasteiger partial charge in [-0.05, 0) is 37.1 Å². The van der Waals surface area contributed by atoms with E-state index < -0.39 is 0 Å². The molecule has 2 aromatic rings. The molecule has 0 radical (unpaired) electrons. The second kappa shape index (κ2) is 12.8. The van der Waals surface area contributed by atoms with E-state index in [0.29, 0.717) is 49.9 Å². The van der Waals surface area contributed by atoms with Gasteiger partial charge in [0.1, 0.15) is 6.26 Å². The van der Waals surface area contributed by atoms with Crippen LogP contribution < -0.4 is 10.6 Å². The van der Waals surface area contributed by atoms with Crippen molar-refractivity contribution in [3.05, 3.63) is 47.1 Å². The normalized spacial score (nSPS) is 10.6. The molecule has 164 valence electrons. The lowest BCUT2D eigenvalue weighted by molar-refractivity contribution is 0.0943. The highest BCUT2D eigenvalue weighted by Crippen LogP contribution is 2.15.